The Bertz CT molecular complexity index is 2880. The minimum absolute atomic E-state index is 1.11. The van der Waals surface area contributed by atoms with Crippen LogP contribution in [0.2, 0.25) is 0 Å². The molecule has 0 bridgehead atoms. The number of benzene rings is 9. The molecule has 0 atom stereocenters. The summed E-state index contributed by atoms with van der Waals surface area (Å²) >= 11 is 1.87. The molecule has 2 heteroatoms. The number of hydrogen-bond donors (Lipinski definition) is 0. The quantitative estimate of drug-likeness (QED) is 0.169. The summed E-state index contributed by atoms with van der Waals surface area (Å²) in [6.07, 6.45) is 0. The molecule has 10 aromatic rings. The third-order valence-corrected chi connectivity index (χ3v) is 11.4. The Hall–Kier alpha value is -6.48. The van der Waals surface area contributed by atoms with Crippen LogP contribution in [0, 0.1) is 0 Å². The molecule has 0 aliphatic rings. The SMILES string of the molecule is c1ccc(-c2ccc(N(c3ccc(-c4ccc5ccccc5c4)cc3)c3ccc4sc5ccccc5c4c3-c3cccc4ccccc34)cc2)cc1. The molecule has 10 rings (SSSR count). The summed E-state index contributed by atoms with van der Waals surface area (Å²) in [5.41, 5.74) is 10.7. The van der Waals surface area contributed by atoms with E-state index in [4.69, 9.17) is 0 Å². The van der Waals surface area contributed by atoms with Crippen LogP contribution in [-0.4, -0.2) is 0 Å². The van der Waals surface area contributed by atoms with Crippen molar-refractivity contribution < 1.29 is 0 Å². The van der Waals surface area contributed by atoms with Crippen LogP contribution < -0.4 is 4.90 Å². The molecule has 0 aliphatic heterocycles. The van der Waals surface area contributed by atoms with E-state index in [0.717, 1.165) is 17.1 Å². The molecule has 0 radical (unpaired) electrons. The number of anilines is 3. The number of thiophene rings is 1. The van der Waals surface area contributed by atoms with Crippen LogP contribution in [0.4, 0.5) is 17.1 Å². The molecule has 244 valence electrons. The van der Waals surface area contributed by atoms with E-state index >= 15 is 0 Å². The van der Waals surface area contributed by atoms with Gasteiger partial charge in [-0.2, -0.15) is 0 Å². The van der Waals surface area contributed by atoms with Crippen molar-refractivity contribution in [3.8, 4) is 33.4 Å². The van der Waals surface area contributed by atoms with Gasteiger partial charge in [0.1, 0.15) is 0 Å². The first kappa shape index (κ1) is 30.4. The summed E-state index contributed by atoms with van der Waals surface area (Å²) < 4.78 is 2.59. The summed E-state index contributed by atoms with van der Waals surface area (Å²) in [6, 6.07) is 73.0. The van der Waals surface area contributed by atoms with E-state index in [1.54, 1.807) is 0 Å². The molecule has 0 aliphatic carbocycles. The second-order valence-corrected chi connectivity index (χ2v) is 14.4. The summed E-state index contributed by atoms with van der Waals surface area (Å²) in [6.45, 7) is 0. The first-order valence-corrected chi connectivity index (χ1v) is 18.6. The van der Waals surface area contributed by atoms with Crippen molar-refractivity contribution >= 4 is 70.1 Å². The molecule has 9 aromatic carbocycles. The van der Waals surface area contributed by atoms with E-state index in [0.29, 0.717) is 0 Å². The summed E-state index contributed by atoms with van der Waals surface area (Å²) in [4.78, 5) is 2.45. The molecule has 1 nitrogen and oxygen atoms in total. The Morgan fingerprint density at radius 1 is 0.346 bits per heavy atom. The van der Waals surface area contributed by atoms with Crippen LogP contribution in [-0.2, 0) is 0 Å². The Balaban J connectivity index is 1.21. The molecule has 0 amide bonds. The fourth-order valence-electron chi connectivity index (χ4n) is 7.74. The lowest BCUT2D eigenvalue weighted by Gasteiger charge is -2.29. The molecule has 0 N–H and O–H groups in total. The number of fused-ring (bicyclic) bond motifs is 5. The summed E-state index contributed by atoms with van der Waals surface area (Å²) in [7, 11) is 0. The van der Waals surface area contributed by atoms with Crippen LogP contribution in [0.1, 0.15) is 0 Å². The maximum Gasteiger partial charge on any atom is 0.0547 e. The van der Waals surface area contributed by atoms with Gasteiger partial charge in [0.15, 0.2) is 0 Å². The van der Waals surface area contributed by atoms with Crippen molar-refractivity contribution in [1.82, 2.24) is 0 Å². The molecule has 0 saturated heterocycles. The minimum atomic E-state index is 1.11. The maximum absolute atomic E-state index is 2.45. The van der Waals surface area contributed by atoms with Gasteiger partial charge in [0.25, 0.3) is 0 Å². The lowest BCUT2D eigenvalue weighted by atomic mass is 9.92. The maximum atomic E-state index is 2.45. The van der Waals surface area contributed by atoms with Gasteiger partial charge in [0.05, 0.1) is 5.69 Å². The zero-order chi connectivity index (χ0) is 34.4. The van der Waals surface area contributed by atoms with Crippen LogP contribution in [0.5, 0.6) is 0 Å². The van der Waals surface area contributed by atoms with Gasteiger partial charge in [-0.3, -0.25) is 0 Å². The van der Waals surface area contributed by atoms with Crippen LogP contribution in [0.15, 0.2) is 200 Å². The Kier molecular flexibility index (Phi) is 7.41. The number of hydrogen-bond acceptors (Lipinski definition) is 2. The molecule has 52 heavy (non-hydrogen) atoms. The van der Waals surface area contributed by atoms with Gasteiger partial charge in [-0.1, -0.05) is 152 Å². The lowest BCUT2D eigenvalue weighted by molar-refractivity contribution is 1.29. The van der Waals surface area contributed by atoms with Crippen molar-refractivity contribution in [2.24, 2.45) is 0 Å². The van der Waals surface area contributed by atoms with Crippen molar-refractivity contribution in [2.45, 2.75) is 0 Å². The second-order valence-electron chi connectivity index (χ2n) is 13.3. The van der Waals surface area contributed by atoms with Gasteiger partial charge < -0.3 is 4.90 Å². The molecule has 1 heterocycles. The summed E-state index contributed by atoms with van der Waals surface area (Å²) in [5.74, 6) is 0. The standard InChI is InChI=1S/C50H33NS/c1-2-11-34(12-3-1)36-23-27-41(28-24-36)51(42-29-25-37(26-30-42)40-22-21-35-13-4-5-15-39(35)33-40)46-31-32-48-50(45-18-8-9-20-47(45)52-48)49(46)44-19-10-16-38-14-6-7-17-43(38)44/h1-33H. The monoisotopic (exact) mass is 679 g/mol. The highest BCUT2D eigenvalue weighted by Gasteiger charge is 2.23. The fourth-order valence-corrected chi connectivity index (χ4v) is 8.85. The van der Waals surface area contributed by atoms with Crippen molar-refractivity contribution in [3.05, 3.63) is 200 Å². The molecule has 0 fully saturated rings. The van der Waals surface area contributed by atoms with Gasteiger partial charge in [0.2, 0.25) is 0 Å². The van der Waals surface area contributed by atoms with Crippen LogP contribution >= 0.6 is 11.3 Å². The highest BCUT2D eigenvalue weighted by molar-refractivity contribution is 7.26. The van der Waals surface area contributed by atoms with Crippen LogP contribution in [0.25, 0.3) is 75.1 Å². The first-order valence-electron chi connectivity index (χ1n) is 17.8. The Morgan fingerprint density at radius 2 is 0.923 bits per heavy atom. The first-order chi connectivity index (χ1) is 25.8. The zero-order valence-electron chi connectivity index (χ0n) is 28.4. The fraction of sp³-hybridized carbons (Fsp3) is 0. The molecule has 0 spiro atoms. The van der Waals surface area contributed by atoms with E-state index in [-0.39, 0.29) is 0 Å². The minimum Gasteiger partial charge on any atom is -0.310 e. The number of rotatable bonds is 6. The van der Waals surface area contributed by atoms with Gasteiger partial charge >= 0.3 is 0 Å². The highest BCUT2D eigenvalue weighted by atomic mass is 32.1. The third-order valence-electron chi connectivity index (χ3n) is 10.3. The summed E-state index contributed by atoms with van der Waals surface area (Å²) in [5, 5.41) is 7.58. The van der Waals surface area contributed by atoms with Gasteiger partial charge in [0, 0.05) is 37.1 Å². The number of nitrogens with zero attached hydrogens (tertiary/aromatic N) is 1. The van der Waals surface area contributed by atoms with Crippen molar-refractivity contribution in [1.29, 1.82) is 0 Å². The Morgan fingerprint density at radius 3 is 1.69 bits per heavy atom. The van der Waals surface area contributed by atoms with E-state index in [2.05, 4.69) is 205 Å². The largest absolute Gasteiger partial charge is 0.310 e. The zero-order valence-corrected chi connectivity index (χ0v) is 29.2. The van der Waals surface area contributed by atoms with E-state index < -0.39 is 0 Å². The molecule has 0 unspecified atom stereocenters. The average Bonchev–Trinajstić information content (AvgIpc) is 3.60. The van der Waals surface area contributed by atoms with E-state index in [1.165, 1.54) is 75.1 Å². The van der Waals surface area contributed by atoms with Gasteiger partial charge in [-0.05, 0) is 97.9 Å². The van der Waals surface area contributed by atoms with Crippen molar-refractivity contribution in [3.63, 3.8) is 0 Å². The van der Waals surface area contributed by atoms with Gasteiger partial charge in [-0.25, -0.2) is 0 Å². The predicted molar refractivity (Wildman–Crippen MR) is 225 cm³/mol. The van der Waals surface area contributed by atoms with Crippen LogP contribution in [0.3, 0.4) is 0 Å². The second kappa shape index (κ2) is 12.7. The molecular weight excluding hydrogens is 647 g/mol. The predicted octanol–water partition coefficient (Wildman–Crippen LogP) is 14.8. The van der Waals surface area contributed by atoms with Crippen molar-refractivity contribution in [2.75, 3.05) is 4.90 Å². The van der Waals surface area contributed by atoms with E-state index in [9.17, 15) is 0 Å². The third kappa shape index (κ3) is 5.24. The lowest BCUT2D eigenvalue weighted by Crippen LogP contribution is -2.11. The highest BCUT2D eigenvalue weighted by Crippen LogP contribution is 2.50. The normalized spacial score (nSPS) is 11.5. The molecule has 0 saturated carbocycles. The topological polar surface area (TPSA) is 3.24 Å². The Labute approximate surface area is 307 Å². The smallest absolute Gasteiger partial charge is 0.0547 e. The van der Waals surface area contributed by atoms with E-state index in [1.807, 2.05) is 11.3 Å². The molecule has 1 aromatic heterocycles. The average molecular weight is 680 g/mol. The molecular formula is C50H33NS. The van der Waals surface area contributed by atoms with Gasteiger partial charge in [-0.15, -0.1) is 11.3 Å².